The predicted octanol–water partition coefficient (Wildman–Crippen LogP) is 0.447. The summed E-state index contributed by atoms with van der Waals surface area (Å²) in [5.74, 6) is 0.285. The van der Waals surface area contributed by atoms with Crippen LogP contribution in [0.5, 0.6) is 0 Å². The Morgan fingerprint density at radius 1 is 1.62 bits per heavy atom. The number of hydrogen-bond donors (Lipinski definition) is 3. The van der Waals surface area contributed by atoms with Crippen molar-refractivity contribution in [3.05, 3.63) is 0 Å². The van der Waals surface area contributed by atoms with Crippen LogP contribution in [0.3, 0.4) is 0 Å². The van der Waals surface area contributed by atoms with E-state index in [1.807, 2.05) is 0 Å². The highest BCUT2D eigenvalue weighted by Crippen LogP contribution is 2.31. The van der Waals surface area contributed by atoms with Crippen LogP contribution in [0.1, 0.15) is 19.3 Å². The molecule has 1 aromatic heterocycles. The molecule has 1 aromatic rings. The third-order valence-corrected chi connectivity index (χ3v) is 2.98. The molecule has 1 aliphatic rings. The van der Waals surface area contributed by atoms with Gasteiger partial charge < -0.3 is 16.2 Å². The van der Waals surface area contributed by atoms with Crippen molar-refractivity contribution in [2.45, 2.75) is 24.9 Å². The van der Waals surface area contributed by atoms with E-state index in [1.165, 1.54) is 11.5 Å². The Hall–Kier alpha value is -0.880. The van der Waals surface area contributed by atoms with Crippen LogP contribution in [0.15, 0.2) is 0 Å². The smallest absolute Gasteiger partial charge is 0.233 e. The summed E-state index contributed by atoms with van der Waals surface area (Å²) in [6.45, 7) is 0.543. The molecule has 5 nitrogen and oxygen atoms in total. The number of rotatable bonds is 3. The topological polar surface area (TPSA) is 84.1 Å². The van der Waals surface area contributed by atoms with Gasteiger partial charge in [-0.3, -0.25) is 0 Å². The molecule has 1 fully saturated rings. The van der Waals surface area contributed by atoms with Gasteiger partial charge in [0.05, 0.1) is 5.60 Å². The molecule has 0 radical (unpaired) electrons. The zero-order valence-corrected chi connectivity index (χ0v) is 7.97. The minimum atomic E-state index is -0.527. The Kier molecular flexibility index (Phi) is 2.09. The van der Waals surface area contributed by atoms with Crippen LogP contribution >= 0.6 is 11.5 Å². The van der Waals surface area contributed by atoms with E-state index in [2.05, 4.69) is 14.7 Å². The van der Waals surface area contributed by atoms with Gasteiger partial charge in [0.15, 0.2) is 0 Å². The molecule has 0 amide bonds. The van der Waals surface area contributed by atoms with Gasteiger partial charge in [-0.05, 0) is 19.3 Å². The van der Waals surface area contributed by atoms with Crippen LogP contribution in [-0.2, 0) is 0 Å². The summed E-state index contributed by atoms with van der Waals surface area (Å²) in [6.07, 6.45) is 2.85. The van der Waals surface area contributed by atoms with E-state index in [9.17, 15) is 5.11 Å². The number of nitrogen functional groups attached to an aromatic ring is 1. The molecule has 0 aliphatic heterocycles. The van der Waals surface area contributed by atoms with E-state index < -0.39 is 5.60 Å². The molecule has 1 aliphatic carbocycles. The minimum absolute atomic E-state index is 0.285. The van der Waals surface area contributed by atoms with Crippen molar-refractivity contribution in [3.8, 4) is 0 Å². The Morgan fingerprint density at radius 3 is 2.85 bits per heavy atom. The van der Waals surface area contributed by atoms with Gasteiger partial charge in [-0.15, -0.1) is 0 Å². The highest BCUT2D eigenvalue weighted by Gasteiger charge is 2.34. The SMILES string of the molecule is Nc1nsc(NCC2(O)CCC2)n1. The molecule has 13 heavy (non-hydrogen) atoms. The summed E-state index contributed by atoms with van der Waals surface area (Å²) in [6, 6.07) is 0. The maximum atomic E-state index is 9.74. The highest BCUT2D eigenvalue weighted by atomic mass is 32.1. The first-order chi connectivity index (χ1) is 6.18. The number of aromatic nitrogens is 2. The molecular formula is C7H12N4OS. The average Bonchev–Trinajstić information content (AvgIpc) is 2.44. The average molecular weight is 200 g/mol. The van der Waals surface area contributed by atoms with Gasteiger partial charge in [0.25, 0.3) is 0 Å². The number of hydrogen-bond acceptors (Lipinski definition) is 6. The van der Waals surface area contributed by atoms with Crippen molar-refractivity contribution in [3.63, 3.8) is 0 Å². The molecule has 1 saturated carbocycles. The molecule has 1 heterocycles. The first kappa shape index (κ1) is 8.71. The van der Waals surface area contributed by atoms with Crippen LogP contribution in [0, 0.1) is 0 Å². The Labute approximate surface area is 80.2 Å². The second-order valence-electron chi connectivity index (χ2n) is 3.39. The first-order valence-corrected chi connectivity index (χ1v) is 5.01. The summed E-state index contributed by atoms with van der Waals surface area (Å²) in [5.41, 5.74) is 4.82. The second-order valence-corrected chi connectivity index (χ2v) is 4.14. The van der Waals surface area contributed by atoms with Crippen LogP contribution in [0.2, 0.25) is 0 Å². The fraction of sp³-hybridized carbons (Fsp3) is 0.714. The fourth-order valence-electron chi connectivity index (χ4n) is 1.31. The normalized spacial score (nSPS) is 19.5. The number of aliphatic hydroxyl groups is 1. The minimum Gasteiger partial charge on any atom is -0.388 e. The summed E-state index contributed by atoms with van der Waals surface area (Å²) >= 11 is 1.22. The maximum absolute atomic E-state index is 9.74. The lowest BCUT2D eigenvalue weighted by atomic mass is 9.80. The van der Waals surface area contributed by atoms with Gasteiger partial charge in [-0.25, -0.2) is 0 Å². The Balaban J connectivity index is 1.85. The largest absolute Gasteiger partial charge is 0.388 e. The summed E-state index contributed by atoms with van der Waals surface area (Å²) < 4.78 is 3.83. The van der Waals surface area contributed by atoms with Crippen molar-refractivity contribution < 1.29 is 5.11 Å². The highest BCUT2D eigenvalue weighted by molar-refractivity contribution is 7.09. The lowest BCUT2D eigenvalue weighted by Crippen LogP contribution is -2.43. The lowest BCUT2D eigenvalue weighted by Gasteiger charge is -2.36. The number of anilines is 2. The zero-order valence-electron chi connectivity index (χ0n) is 7.16. The van der Waals surface area contributed by atoms with Crippen LogP contribution in [0.25, 0.3) is 0 Å². The van der Waals surface area contributed by atoms with Gasteiger partial charge in [0, 0.05) is 18.1 Å². The molecule has 6 heteroatoms. The number of nitrogens with one attached hydrogen (secondary N) is 1. The van der Waals surface area contributed by atoms with Crippen LogP contribution in [0.4, 0.5) is 11.1 Å². The predicted molar refractivity (Wildman–Crippen MR) is 51.6 cm³/mol. The van der Waals surface area contributed by atoms with E-state index in [0.29, 0.717) is 11.7 Å². The molecule has 0 atom stereocenters. The van der Waals surface area contributed by atoms with Gasteiger partial charge in [-0.1, -0.05) is 0 Å². The summed E-state index contributed by atoms with van der Waals surface area (Å²) in [7, 11) is 0. The quantitative estimate of drug-likeness (QED) is 0.659. The monoisotopic (exact) mass is 200 g/mol. The number of nitrogens with zero attached hydrogens (tertiary/aromatic N) is 2. The first-order valence-electron chi connectivity index (χ1n) is 4.23. The molecule has 4 N–H and O–H groups in total. The van der Waals surface area contributed by atoms with Gasteiger partial charge in [0.1, 0.15) is 0 Å². The molecule has 0 unspecified atom stereocenters. The van der Waals surface area contributed by atoms with Gasteiger partial charge >= 0.3 is 0 Å². The molecule has 0 aromatic carbocycles. The van der Waals surface area contributed by atoms with Gasteiger partial charge in [-0.2, -0.15) is 9.36 Å². The molecule has 0 spiro atoms. The van der Waals surface area contributed by atoms with E-state index in [4.69, 9.17) is 5.73 Å². The summed E-state index contributed by atoms with van der Waals surface area (Å²) in [4.78, 5) is 3.94. The Morgan fingerprint density at radius 2 is 2.38 bits per heavy atom. The molecule has 0 saturated heterocycles. The lowest BCUT2D eigenvalue weighted by molar-refractivity contribution is -0.0201. The van der Waals surface area contributed by atoms with Crippen LogP contribution < -0.4 is 11.1 Å². The molecule has 0 bridgehead atoms. The van der Waals surface area contributed by atoms with Gasteiger partial charge in [0.2, 0.25) is 11.1 Å². The third kappa shape index (κ3) is 1.89. The molecular weight excluding hydrogens is 188 g/mol. The van der Waals surface area contributed by atoms with E-state index in [-0.39, 0.29) is 5.95 Å². The van der Waals surface area contributed by atoms with Crippen molar-refractivity contribution in [2.24, 2.45) is 0 Å². The fourth-order valence-corrected chi connectivity index (χ4v) is 1.80. The van der Waals surface area contributed by atoms with E-state index in [0.717, 1.165) is 19.3 Å². The maximum Gasteiger partial charge on any atom is 0.233 e. The van der Waals surface area contributed by atoms with Crippen molar-refractivity contribution in [2.75, 3.05) is 17.6 Å². The van der Waals surface area contributed by atoms with E-state index in [1.54, 1.807) is 0 Å². The standard InChI is InChI=1S/C7H12N4OS/c8-5-10-6(13-11-5)9-4-7(12)2-1-3-7/h12H,1-4H2,(H3,8,9,10,11). The van der Waals surface area contributed by atoms with Crippen molar-refractivity contribution in [1.29, 1.82) is 0 Å². The van der Waals surface area contributed by atoms with Crippen molar-refractivity contribution >= 4 is 22.6 Å². The number of nitrogens with two attached hydrogens (primary N) is 1. The summed E-state index contributed by atoms with van der Waals surface area (Å²) in [5, 5.41) is 13.4. The molecule has 2 rings (SSSR count). The van der Waals surface area contributed by atoms with Crippen molar-refractivity contribution in [1.82, 2.24) is 9.36 Å². The van der Waals surface area contributed by atoms with Crippen LogP contribution in [-0.4, -0.2) is 26.6 Å². The third-order valence-electron chi connectivity index (χ3n) is 2.29. The second kappa shape index (κ2) is 3.12. The van der Waals surface area contributed by atoms with E-state index >= 15 is 0 Å². The Bertz CT molecular complexity index is 296. The zero-order chi connectivity index (χ0) is 9.31. The molecule has 72 valence electrons.